The molecule has 1 amide bonds. The summed E-state index contributed by atoms with van der Waals surface area (Å²) in [6, 6.07) is 13.6. The lowest BCUT2D eigenvalue weighted by molar-refractivity contribution is -0.140. The molecule has 198 valence electrons. The normalized spacial score (nSPS) is 20.0. The van der Waals surface area contributed by atoms with Crippen LogP contribution in [0.2, 0.25) is 0 Å². The lowest BCUT2D eigenvalue weighted by Crippen LogP contribution is -2.42. The summed E-state index contributed by atoms with van der Waals surface area (Å²) in [5, 5.41) is 11.3. The Morgan fingerprint density at radius 2 is 1.65 bits per heavy atom. The lowest BCUT2D eigenvalue weighted by atomic mass is 9.95. The summed E-state index contributed by atoms with van der Waals surface area (Å²) in [6.45, 7) is 10.4. The van der Waals surface area contributed by atoms with Gasteiger partial charge in [0.15, 0.2) is 0 Å². The Morgan fingerprint density at radius 1 is 1.00 bits per heavy atom. The van der Waals surface area contributed by atoms with Crippen LogP contribution in [0, 0.1) is 0 Å². The van der Waals surface area contributed by atoms with Gasteiger partial charge >= 0.3 is 0 Å². The van der Waals surface area contributed by atoms with Crippen molar-refractivity contribution in [3.8, 4) is 11.5 Å². The monoisotopic (exact) mass is 508 g/mol. The van der Waals surface area contributed by atoms with Gasteiger partial charge in [-0.2, -0.15) is 0 Å². The van der Waals surface area contributed by atoms with Crippen LogP contribution in [0.5, 0.6) is 11.5 Å². The van der Waals surface area contributed by atoms with E-state index in [1.165, 1.54) is 0 Å². The number of rotatable bonds is 10. The van der Waals surface area contributed by atoms with Crippen LogP contribution >= 0.6 is 0 Å². The highest BCUT2D eigenvalue weighted by molar-refractivity contribution is 6.46. The molecule has 8 heteroatoms. The largest absolute Gasteiger partial charge is 0.507 e. The summed E-state index contributed by atoms with van der Waals surface area (Å²) in [7, 11) is 0. The first-order valence-electron chi connectivity index (χ1n) is 13.0. The molecule has 0 radical (unpaired) electrons. The average molecular weight is 509 g/mol. The minimum atomic E-state index is -0.704. The SMILES string of the molecule is CCCOc1ccc(C(O)=C2C(=O)C(=O)N(CCN3CCOCC3)[C@@H]2c2ccc(OC(C)C)cc2)cc1. The van der Waals surface area contributed by atoms with E-state index >= 15 is 0 Å². The van der Waals surface area contributed by atoms with E-state index in [1.807, 2.05) is 45.0 Å². The molecule has 2 heterocycles. The quantitative estimate of drug-likeness (QED) is 0.295. The number of benzene rings is 2. The molecule has 37 heavy (non-hydrogen) atoms. The predicted molar refractivity (Wildman–Crippen MR) is 141 cm³/mol. The van der Waals surface area contributed by atoms with Gasteiger partial charge in [-0.15, -0.1) is 0 Å². The number of hydrogen-bond donors (Lipinski definition) is 1. The fourth-order valence-corrected chi connectivity index (χ4v) is 4.62. The zero-order valence-corrected chi connectivity index (χ0v) is 21.8. The minimum Gasteiger partial charge on any atom is -0.507 e. The number of nitrogens with zero attached hydrogens (tertiary/aromatic N) is 2. The zero-order valence-electron chi connectivity index (χ0n) is 21.8. The van der Waals surface area contributed by atoms with Crippen molar-refractivity contribution in [1.29, 1.82) is 0 Å². The van der Waals surface area contributed by atoms with Crippen molar-refractivity contribution < 1.29 is 28.9 Å². The van der Waals surface area contributed by atoms with Gasteiger partial charge in [-0.1, -0.05) is 19.1 Å². The summed E-state index contributed by atoms with van der Waals surface area (Å²) in [5.41, 5.74) is 1.29. The third kappa shape index (κ3) is 6.32. The van der Waals surface area contributed by atoms with Crippen LogP contribution in [0.15, 0.2) is 54.1 Å². The third-order valence-corrected chi connectivity index (χ3v) is 6.47. The highest BCUT2D eigenvalue weighted by Crippen LogP contribution is 2.40. The van der Waals surface area contributed by atoms with E-state index in [0.29, 0.717) is 50.0 Å². The van der Waals surface area contributed by atoms with E-state index in [9.17, 15) is 14.7 Å². The molecule has 2 fully saturated rings. The van der Waals surface area contributed by atoms with E-state index in [4.69, 9.17) is 14.2 Å². The molecular formula is C29H36N2O6. The number of morpholine rings is 1. The van der Waals surface area contributed by atoms with Gasteiger partial charge in [0, 0.05) is 31.7 Å². The van der Waals surface area contributed by atoms with Gasteiger partial charge in [-0.3, -0.25) is 14.5 Å². The molecule has 0 aliphatic carbocycles. The van der Waals surface area contributed by atoms with Crippen LogP contribution < -0.4 is 9.47 Å². The van der Waals surface area contributed by atoms with Gasteiger partial charge in [0.2, 0.25) is 0 Å². The molecule has 0 spiro atoms. The van der Waals surface area contributed by atoms with Gasteiger partial charge in [0.05, 0.1) is 37.5 Å². The van der Waals surface area contributed by atoms with Crippen molar-refractivity contribution in [1.82, 2.24) is 9.80 Å². The fourth-order valence-electron chi connectivity index (χ4n) is 4.62. The summed E-state index contributed by atoms with van der Waals surface area (Å²) < 4.78 is 16.8. The molecule has 1 atom stereocenters. The van der Waals surface area contributed by atoms with E-state index in [-0.39, 0.29) is 17.4 Å². The van der Waals surface area contributed by atoms with Crippen LogP contribution in [0.25, 0.3) is 5.76 Å². The number of amides is 1. The molecule has 2 saturated heterocycles. The molecule has 1 N–H and O–H groups in total. The number of carbonyl (C=O) groups excluding carboxylic acids is 2. The predicted octanol–water partition coefficient (Wildman–Crippen LogP) is 4.02. The Kier molecular flexibility index (Phi) is 8.84. The molecule has 0 unspecified atom stereocenters. The molecule has 0 saturated carbocycles. The Balaban J connectivity index is 1.68. The van der Waals surface area contributed by atoms with Crippen LogP contribution in [0.3, 0.4) is 0 Å². The molecule has 0 aromatic heterocycles. The number of ether oxygens (including phenoxy) is 3. The summed E-state index contributed by atoms with van der Waals surface area (Å²) in [4.78, 5) is 30.3. The van der Waals surface area contributed by atoms with Crippen molar-refractivity contribution in [2.24, 2.45) is 0 Å². The van der Waals surface area contributed by atoms with Crippen LogP contribution in [0.1, 0.15) is 44.4 Å². The smallest absolute Gasteiger partial charge is 0.295 e. The Labute approximate surface area is 218 Å². The van der Waals surface area contributed by atoms with Crippen molar-refractivity contribution in [2.75, 3.05) is 46.0 Å². The van der Waals surface area contributed by atoms with E-state index in [2.05, 4.69) is 4.90 Å². The maximum Gasteiger partial charge on any atom is 0.295 e. The highest BCUT2D eigenvalue weighted by Gasteiger charge is 2.46. The van der Waals surface area contributed by atoms with Gasteiger partial charge in [0.1, 0.15) is 17.3 Å². The van der Waals surface area contributed by atoms with Gasteiger partial charge in [0.25, 0.3) is 11.7 Å². The molecule has 0 bridgehead atoms. The molecule has 4 rings (SSSR count). The second-order valence-electron chi connectivity index (χ2n) is 9.55. The van der Waals surface area contributed by atoms with E-state index in [1.54, 1.807) is 29.2 Å². The number of aliphatic hydroxyl groups is 1. The summed E-state index contributed by atoms with van der Waals surface area (Å²) >= 11 is 0. The van der Waals surface area contributed by atoms with Crippen molar-refractivity contribution in [3.05, 3.63) is 65.2 Å². The third-order valence-electron chi connectivity index (χ3n) is 6.47. The number of hydrogen-bond acceptors (Lipinski definition) is 7. The molecule has 8 nitrogen and oxygen atoms in total. The number of aliphatic hydroxyl groups excluding tert-OH is 1. The highest BCUT2D eigenvalue weighted by atomic mass is 16.5. The molecular weight excluding hydrogens is 472 g/mol. The van der Waals surface area contributed by atoms with Crippen molar-refractivity contribution >= 4 is 17.4 Å². The maximum absolute atomic E-state index is 13.3. The first-order chi connectivity index (χ1) is 17.9. The molecule has 2 aliphatic heterocycles. The van der Waals surface area contributed by atoms with Crippen LogP contribution in [-0.4, -0.2) is 78.7 Å². The van der Waals surface area contributed by atoms with Crippen molar-refractivity contribution in [3.63, 3.8) is 0 Å². The van der Waals surface area contributed by atoms with Gasteiger partial charge < -0.3 is 24.2 Å². The summed E-state index contributed by atoms with van der Waals surface area (Å²) in [6.07, 6.45) is 0.908. The standard InChI is InChI=1S/C29H36N2O6/c1-4-17-36-23-9-7-22(8-10-23)27(32)25-26(21-5-11-24(12-6-21)37-20(2)3)31(29(34)28(25)33)14-13-30-15-18-35-19-16-30/h5-12,20,26,32H,4,13-19H2,1-3H3/t26-/m1/s1. The first-order valence-corrected chi connectivity index (χ1v) is 13.0. The van der Waals surface area contributed by atoms with Gasteiger partial charge in [-0.25, -0.2) is 0 Å². The second kappa shape index (κ2) is 12.3. The Hall–Kier alpha value is -3.36. The zero-order chi connectivity index (χ0) is 26.4. The summed E-state index contributed by atoms with van der Waals surface area (Å²) in [5.74, 6) is -0.0985. The lowest BCUT2D eigenvalue weighted by Gasteiger charge is -2.31. The topological polar surface area (TPSA) is 88.5 Å². The van der Waals surface area contributed by atoms with Crippen molar-refractivity contribution in [2.45, 2.75) is 39.3 Å². The van der Waals surface area contributed by atoms with E-state index < -0.39 is 17.7 Å². The Morgan fingerprint density at radius 3 is 2.27 bits per heavy atom. The van der Waals surface area contributed by atoms with Crippen LogP contribution in [-0.2, 0) is 14.3 Å². The van der Waals surface area contributed by atoms with Gasteiger partial charge in [-0.05, 0) is 62.2 Å². The number of ketones is 1. The number of Topliss-reactive ketones (excluding diaryl/α,β-unsaturated/α-hetero) is 1. The van der Waals surface area contributed by atoms with E-state index in [0.717, 1.165) is 25.1 Å². The number of likely N-dealkylation sites (tertiary alicyclic amines) is 1. The minimum absolute atomic E-state index is 0.0225. The fraction of sp³-hybridized carbons (Fsp3) is 0.448. The Bertz CT molecular complexity index is 1100. The maximum atomic E-state index is 13.3. The van der Waals surface area contributed by atoms with Crippen LogP contribution in [0.4, 0.5) is 0 Å². The molecule has 2 aromatic rings. The second-order valence-corrected chi connectivity index (χ2v) is 9.55. The molecule has 2 aliphatic rings. The number of carbonyl (C=O) groups is 2. The average Bonchev–Trinajstić information content (AvgIpc) is 3.16. The molecule has 2 aromatic carbocycles. The first kappa shape index (κ1) is 26.7.